The van der Waals surface area contributed by atoms with E-state index >= 15 is 0 Å². The number of hydrogen-bond acceptors (Lipinski definition) is 4. The van der Waals surface area contributed by atoms with Gasteiger partial charge in [-0.3, -0.25) is 0 Å². The lowest BCUT2D eigenvalue weighted by atomic mass is 10.3. The molecule has 0 fully saturated rings. The molecule has 1 rings (SSSR count). The molecule has 0 amide bonds. The summed E-state index contributed by atoms with van der Waals surface area (Å²) >= 11 is 0. The van der Waals surface area contributed by atoms with Gasteiger partial charge in [-0.2, -0.15) is 4.73 Å². The number of nitrogens with zero attached hydrogens (tertiary/aromatic N) is 2. The van der Waals surface area contributed by atoms with Crippen molar-refractivity contribution in [2.75, 3.05) is 6.54 Å². The van der Waals surface area contributed by atoms with Crippen LogP contribution in [0.25, 0.3) is 0 Å². The third kappa shape index (κ3) is 2.35. The predicted molar refractivity (Wildman–Crippen MR) is 42.2 cm³/mol. The number of carbonyl (C=O) groups is 1. The molecule has 0 radical (unpaired) electrons. The number of carbonyl (C=O) groups excluding carboxylic acids is 1. The molecule has 0 aromatic carbocycles. The topological polar surface area (TPSA) is 70.1 Å². The van der Waals surface area contributed by atoms with Crippen LogP contribution in [0.2, 0.25) is 0 Å². The summed E-state index contributed by atoms with van der Waals surface area (Å²) in [6, 6.07) is 0. The molecule has 0 spiro atoms. The normalized spacial score (nSPS) is 9.83. The number of rotatable bonds is 3. The maximum Gasteiger partial charge on any atom is 0.329 e. The van der Waals surface area contributed by atoms with Crippen LogP contribution in [0.5, 0.6) is 0 Å². The van der Waals surface area contributed by atoms with Gasteiger partial charge in [-0.25, -0.2) is 9.78 Å². The van der Waals surface area contributed by atoms with Gasteiger partial charge >= 0.3 is 5.97 Å². The Kier molecular flexibility index (Phi) is 2.82. The summed E-state index contributed by atoms with van der Waals surface area (Å²) in [7, 11) is 0. The van der Waals surface area contributed by atoms with E-state index in [-0.39, 0.29) is 5.97 Å². The molecule has 1 aromatic rings. The Labute approximate surface area is 70.1 Å². The second-order valence-electron chi connectivity index (χ2n) is 2.35. The second kappa shape index (κ2) is 3.87. The van der Waals surface area contributed by atoms with Crippen LogP contribution >= 0.6 is 0 Å². The number of hydrogen-bond donors (Lipinski definition) is 1. The maximum atomic E-state index is 10.5. The molecule has 0 aliphatic heterocycles. The van der Waals surface area contributed by atoms with Crippen molar-refractivity contribution in [3.05, 3.63) is 18.2 Å². The van der Waals surface area contributed by atoms with Crippen molar-refractivity contribution in [2.45, 2.75) is 13.3 Å². The van der Waals surface area contributed by atoms with Gasteiger partial charge in [0, 0.05) is 13.3 Å². The predicted octanol–water partition coefficient (Wildman–Crippen LogP) is -0.641. The van der Waals surface area contributed by atoms with Gasteiger partial charge in [0.05, 0.1) is 11.9 Å². The molecule has 0 atom stereocenters. The summed E-state index contributed by atoms with van der Waals surface area (Å²) < 4.78 is 1.27. The van der Waals surface area contributed by atoms with E-state index < -0.39 is 0 Å². The molecule has 5 nitrogen and oxygen atoms in total. The highest BCUT2D eigenvalue weighted by atomic mass is 16.7. The molecule has 0 unspecified atom stereocenters. The van der Waals surface area contributed by atoms with Crippen molar-refractivity contribution in [1.29, 1.82) is 0 Å². The van der Waals surface area contributed by atoms with Gasteiger partial charge in [0.1, 0.15) is 6.33 Å². The van der Waals surface area contributed by atoms with E-state index in [0.29, 0.717) is 13.0 Å². The summed E-state index contributed by atoms with van der Waals surface area (Å²) in [4.78, 5) is 19.2. The molecule has 66 valence electrons. The molecule has 1 heterocycles. The Morgan fingerprint density at radius 1 is 1.83 bits per heavy atom. The zero-order chi connectivity index (χ0) is 8.97. The van der Waals surface area contributed by atoms with Crippen LogP contribution in [-0.4, -0.2) is 22.2 Å². The van der Waals surface area contributed by atoms with Crippen molar-refractivity contribution in [3.63, 3.8) is 0 Å². The zero-order valence-electron chi connectivity index (χ0n) is 6.86. The lowest BCUT2D eigenvalue weighted by Gasteiger charge is -1.97. The maximum absolute atomic E-state index is 10.5. The van der Waals surface area contributed by atoms with Crippen molar-refractivity contribution in [1.82, 2.24) is 9.71 Å². The molecule has 2 N–H and O–H groups in total. The average molecular weight is 169 g/mol. The highest BCUT2D eigenvalue weighted by Gasteiger charge is 1.99. The molecule has 1 aromatic heterocycles. The number of imidazole rings is 1. The van der Waals surface area contributed by atoms with Gasteiger partial charge in [-0.05, 0) is 6.54 Å². The van der Waals surface area contributed by atoms with Gasteiger partial charge in [0.2, 0.25) is 0 Å². The quantitative estimate of drug-likeness (QED) is 0.653. The minimum atomic E-state index is -0.369. The van der Waals surface area contributed by atoms with Crippen LogP contribution < -0.4 is 10.6 Å². The summed E-state index contributed by atoms with van der Waals surface area (Å²) in [5.41, 5.74) is 6.13. The average Bonchev–Trinajstić information content (AvgIpc) is 2.36. The Balaban J connectivity index is 2.58. The first-order valence-corrected chi connectivity index (χ1v) is 3.64. The summed E-state index contributed by atoms with van der Waals surface area (Å²) in [6.45, 7) is 1.87. The molecule has 0 saturated carbocycles. The van der Waals surface area contributed by atoms with Crippen LogP contribution in [0, 0.1) is 0 Å². The smallest absolute Gasteiger partial charge is 0.329 e. The molecule has 0 aliphatic rings. The summed E-state index contributed by atoms with van der Waals surface area (Å²) in [6.07, 6.45) is 3.76. The number of aromatic nitrogens is 2. The van der Waals surface area contributed by atoms with E-state index in [0.717, 1.165) is 5.69 Å². The fourth-order valence-electron chi connectivity index (χ4n) is 0.820. The van der Waals surface area contributed by atoms with Crippen LogP contribution in [0.4, 0.5) is 0 Å². The van der Waals surface area contributed by atoms with E-state index in [1.165, 1.54) is 18.0 Å². The van der Waals surface area contributed by atoms with Gasteiger partial charge in [0.25, 0.3) is 0 Å². The van der Waals surface area contributed by atoms with Crippen LogP contribution in [0.1, 0.15) is 12.6 Å². The minimum Gasteiger partial charge on any atom is -0.336 e. The van der Waals surface area contributed by atoms with Crippen molar-refractivity contribution >= 4 is 5.97 Å². The number of nitrogens with two attached hydrogens (primary N) is 1. The van der Waals surface area contributed by atoms with Crippen molar-refractivity contribution < 1.29 is 9.63 Å². The fraction of sp³-hybridized carbons (Fsp3) is 0.429. The Morgan fingerprint density at radius 3 is 3.17 bits per heavy atom. The van der Waals surface area contributed by atoms with Gasteiger partial charge in [-0.15, -0.1) is 0 Å². The molecule has 0 saturated heterocycles. The summed E-state index contributed by atoms with van der Waals surface area (Å²) in [5.74, 6) is -0.369. The largest absolute Gasteiger partial charge is 0.336 e. The Hall–Kier alpha value is -1.36. The highest BCUT2D eigenvalue weighted by molar-refractivity contribution is 5.66. The lowest BCUT2D eigenvalue weighted by molar-refractivity contribution is -0.141. The molecule has 0 aliphatic carbocycles. The molecular formula is C7H11N3O2. The second-order valence-corrected chi connectivity index (χ2v) is 2.35. The molecule has 12 heavy (non-hydrogen) atoms. The monoisotopic (exact) mass is 169 g/mol. The molecular weight excluding hydrogens is 158 g/mol. The molecule has 5 heteroatoms. The van der Waals surface area contributed by atoms with Crippen LogP contribution in [0.3, 0.4) is 0 Å². The zero-order valence-corrected chi connectivity index (χ0v) is 6.86. The first-order chi connectivity index (χ1) is 5.72. The van der Waals surface area contributed by atoms with Gasteiger partial charge < -0.3 is 10.6 Å². The third-order valence-electron chi connectivity index (χ3n) is 1.25. The van der Waals surface area contributed by atoms with E-state index in [1.807, 2.05) is 0 Å². The van der Waals surface area contributed by atoms with Crippen molar-refractivity contribution in [3.8, 4) is 0 Å². The Bertz CT molecular complexity index is 269. The van der Waals surface area contributed by atoms with Gasteiger partial charge in [-0.1, -0.05) is 0 Å². The fourth-order valence-corrected chi connectivity index (χ4v) is 0.820. The van der Waals surface area contributed by atoms with Gasteiger partial charge in [0.15, 0.2) is 0 Å². The van der Waals surface area contributed by atoms with E-state index in [2.05, 4.69) is 4.98 Å². The van der Waals surface area contributed by atoms with Crippen LogP contribution in [-0.2, 0) is 11.2 Å². The van der Waals surface area contributed by atoms with Crippen LogP contribution in [0.15, 0.2) is 12.5 Å². The minimum absolute atomic E-state index is 0.369. The first-order valence-electron chi connectivity index (χ1n) is 3.64. The van der Waals surface area contributed by atoms with E-state index in [1.54, 1.807) is 6.20 Å². The first kappa shape index (κ1) is 8.73. The SMILES string of the molecule is CC(=O)On1cnc(CCN)c1. The van der Waals surface area contributed by atoms with E-state index in [4.69, 9.17) is 10.6 Å². The third-order valence-corrected chi connectivity index (χ3v) is 1.25. The standard InChI is InChI=1S/C7H11N3O2/c1-6(11)12-10-4-7(2-3-8)9-5-10/h4-5H,2-3,8H2,1H3. The molecule has 0 bridgehead atoms. The summed E-state index contributed by atoms with van der Waals surface area (Å²) in [5, 5.41) is 0. The highest BCUT2D eigenvalue weighted by Crippen LogP contribution is 1.93. The van der Waals surface area contributed by atoms with Crippen molar-refractivity contribution in [2.24, 2.45) is 5.73 Å². The van der Waals surface area contributed by atoms with E-state index in [9.17, 15) is 4.79 Å². The Morgan fingerprint density at radius 2 is 2.58 bits per heavy atom. The lowest BCUT2D eigenvalue weighted by Crippen LogP contribution is -2.14.